The quantitative estimate of drug-likeness (QED) is 0.836. The molecule has 1 saturated carbocycles. The van der Waals surface area contributed by atoms with Gasteiger partial charge in [-0.3, -0.25) is 9.69 Å². The maximum atomic E-state index is 11.1. The molecule has 0 bridgehead atoms. The minimum absolute atomic E-state index is 0.389. The molecule has 0 aromatic carbocycles. The first kappa shape index (κ1) is 13.8. The zero-order valence-electron chi connectivity index (χ0n) is 11.5. The molecule has 0 spiro atoms. The predicted octanol–water partition coefficient (Wildman–Crippen LogP) is 2.13. The lowest BCUT2D eigenvalue weighted by Gasteiger charge is -2.44. The van der Waals surface area contributed by atoms with Crippen LogP contribution in [0.4, 0.5) is 0 Å². The van der Waals surface area contributed by atoms with Gasteiger partial charge in [0.2, 0.25) is 0 Å². The fourth-order valence-electron chi connectivity index (χ4n) is 2.98. The minimum Gasteiger partial charge on any atom is -0.481 e. The Labute approximate surface area is 109 Å². The van der Waals surface area contributed by atoms with Gasteiger partial charge in [0.25, 0.3) is 0 Å². The third-order valence-electron chi connectivity index (χ3n) is 4.45. The molecule has 4 nitrogen and oxygen atoms in total. The fourth-order valence-corrected chi connectivity index (χ4v) is 2.98. The molecule has 1 aliphatic heterocycles. The van der Waals surface area contributed by atoms with Crippen molar-refractivity contribution in [3.8, 4) is 0 Å². The third kappa shape index (κ3) is 3.04. The summed E-state index contributed by atoms with van der Waals surface area (Å²) in [7, 11) is 0. The van der Waals surface area contributed by atoms with Gasteiger partial charge in [0, 0.05) is 12.6 Å². The molecule has 0 aromatic rings. The average Bonchev–Trinajstić information content (AvgIpc) is 2.36. The van der Waals surface area contributed by atoms with Crippen LogP contribution in [0, 0.1) is 5.41 Å². The van der Waals surface area contributed by atoms with Crippen LogP contribution >= 0.6 is 0 Å². The highest BCUT2D eigenvalue weighted by Crippen LogP contribution is 2.30. The molecule has 1 N–H and O–H groups in total. The van der Waals surface area contributed by atoms with E-state index in [1.165, 1.54) is 25.7 Å². The molecule has 0 radical (unpaired) electrons. The van der Waals surface area contributed by atoms with Gasteiger partial charge < -0.3 is 9.84 Å². The van der Waals surface area contributed by atoms with Crippen molar-refractivity contribution >= 4 is 5.97 Å². The molecular formula is C14H25NO3. The summed E-state index contributed by atoms with van der Waals surface area (Å²) < 4.78 is 5.83. The van der Waals surface area contributed by atoms with Crippen LogP contribution in [0.1, 0.15) is 46.0 Å². The van der Waals surface area contributed by atoms with Crippen LogP contribution in [0.3, 0.4) is 0 Å². The number of rotatable bonds is 4. The number of morpholine rings is 1. The average molecular weight is 255 g/mol. The summed E-state index contributed by atoms with van der Waals surface area (Å²) in [5, 5.41) is 9.16. The van der Waals surface area contributed by atoms with Gasteiger partial charge in [-0.25, -0.2) is 0 Å². The summed E-state index contributed by atoms with van der Waals surface area (Å²) in [6.45, 7) is 6.26. The van der Waals surface area contributed by atoms with E-state index < -0.39 is 11.4 Å². The monoisotopic (exact) mass is 255 g/mol. The highest BCUT2D eigenvalue weighted by molar-refractivity contribution is 5.73. The van der Waals surface area contributed by atoms with Crippen LogP contribution in [0.25, 0.3) is 0 Å². The normalized spacial score (nSPS) is 29.9. The molecule has 104 valence electrons. The summed E-state index contributed by atoms with van der Waals surface area (Å²) in [4.78, 5) is 13.6. The topological polar surface area (TPSA) is 49.8 Å². The van der Waals surface area contributed by atoms with Crippen molar-refractivity contribution in [2.75, 3.05) is 19.7 Å². The van der Waals surface area contributed by atoms with Gasteiger partial charge in [-0.2, -0.15) is 0 Å². The Morgan fingerprint density at radius 3 is 2.83 bits per heavy atom. The number of hydrogen-bond acceptors (Lipinski definition) is 3. The summed E-state index contributed by atoms with van der Waals surface area (Å²) in [6.07, 6.45) is 6.03. The largest absolute Gasteiger partial charge is 0.481 e. The molecule has 2 atom stereocenters. The molecule has 2 aliphatic rings. The molecule has 0 amide bonds. The van der Waals surface area contributed by atoms with Crippen LogP contribution in [0.2, 0.25) is 0 Å². The first-order valence-corrected chi connectivity index (χ1v) is 7.10. The van der Waals surface area contributed by atoms with Gasteiger partial charge in [0.1, 0.15) is 0 Å². The Kier molecular flexibility index (Phi) is 4.28. The maximum absolute atomic E-state index is 11.1. The molecule has 1 saturated heterocycles. The lowest BCUT2D eigenvalue weighted by molar-refractivity contribution is -0.148. The lowest BCUT2D eigenvalue weighted by Crippen LogP contribution is -2.53. The highest BCUT2D eigenvalue weighted by atomic mass is 16.5. The molecule has 2 rings (SSSR count). The number of carbonyl (C=O) groups is 1. The number of carboxylic acids is 1. The van der Waals surface area contributed by atoms with E-state index in [0.29, 0.717) is 18.6 Å². The van der Waals surface area contributed by atoms with Gasteiger partial charge in [0.15, 0.2) is 0 Å². The van der Waals surface area contributed by atoms with E-state index in [4.69, 9.17) is 9.84 Å². The van der Waals surface area contributed by atoms with Crippen molar-refractivity contribution in [3.63, 3.8) is 0 Å². The number of carboxylic acid groups (broad SMARTS) is 1. The van der Waals surface area contributed by atoms with E-state index in [-0.39, 0.29) is 0 Å². The second-order valence-corrected chi connectivity index (χ2v) is 6.24. The zero-order chi connectivity index (χ0) is 13.2. The molecule has 0 aromatic heterocycles. The second-order valence-electron chi connectivity index (χ2n) is 6.24. The van der Waals surface area contributed by atoms with Gasteiger partial charge >= 0.3 is 5.97 Å². The van der Waals surface area contributed by atoms with E-state index >= 15 is 0 Å². The summed E-state index contributed by atoms with van der Waals surface area (Å²) in [5.74, 6) is -0.698. The molecule has 4 heteroatoms. The predicted molar refractivity (Wildman–Crippen MR) is 69.6 cm³/mol. The van der Waals surface area contributed by atoms with Crippen molar-refractivity contribution in [1.82, 2.24) is 4.90 Å². The Bertz CT molecular complexity index is 301. The highest BCUT2D eigenvalue weighted by Gasteiger charge is 2.35. The molecule has 18 heavy (non-hydrogen) atoms. The van der Waals surface area contributed by atoms with Crippen LogP contribution in [0.5, 0.6) is 0 Å². The van der Waals surface area contributed by atoms with Crippen LogP contribution < -0.4 is 0 Å². The smallest absolute Gasteiger partial charge is 0.309 e. The van der Waals surface area contributed by atoms with Crippen LogP contribution in [-0.4, -0.2) is 47.8 Å². The molecular weight excluding hydrogens is 230 g/mol. The van der Waals surface area contributed by atoms with E-state index in [9.17, 15) is 4.79 Å². The molecule has 2 fully saturated rings. The van der Waals surface area contributed by atoms with Crippen LogP contribution in [-0.2, 0) is 9.53 Å². The van der Waals surface area contributed by atoms with Gasteiger partial charge in [-0.15, -0.1) is 0 Å². The Morgan fingerprint density at radius 2 is 2.11 bits per heavy atom. The second kappa shape index (κ2) is 5.57. The Balaban J connectivity index is 1.90. The molecule has 1 heterocycles. The van der Waals surface area contributed by atoms with Crippen molar-refractivity contribution in [1.29, 1.82) is 0 Å². The fraction of sp³-hybridized carbons (Fsp3) is 0.929. The van der Waals surface area contributed by atoms with Gasteiger partial charge in [-0.1, -0.05) is 12.8 Å². The number of aliphatic carboxylic acids is 1. The summed E-state index contributed by atoms with van der Waals surface area (Å²) in [6, 6.07) is 0.525. The first-order chi connectivity index (χ1) is 8.50. The van der Waals surface area contributed by atoms with Crippen molar-refractivity contribution < 1.29 is 14.6 Å². The maximum Gasteiger partial charge on any atom is 0.309 e. The van der Waals surface area contributed by atoms with Gasteiger partial charge in [-0.05, 0) is 39.7 Å². The summed E-state index contributed by atoms with van der Waals surface area (Å²) in [5.41, 5.74) is -0.623. The zero-order valence-corrected chi connectivity index (χ0v) is 11.5. The Morgan fingerprint density at radius 1 is 1.39 bits per heavy atom. The number of hydrogen-bond donors (Lipinski definition) is 1. The molecule has 2 unspecified atom stereocenters. The SMILES string of the molecule is CC(C)(CCN1CCOC2CCCCC21)C(=O)O. The van der Waals surface area contributed by atoms with Crippen molar-refractivity contribution in [2.45, 2.75) is 58.1 Å². The van der Waals surface area contributed by atoms with E-state index in [0.717, 1.165) is 19.7 Å². The minimum atomic E-state index is -0.698. The lowest BCUT2D eigenvalue weighted by atomic mass is 9.87. The number of ether oxygens (including phenoxy) is 1. The van der Waals surface area contributed by atoms with Crippen LogP contribution in [0.15, 0.2) is 0 Å². The number of nitrogens with zero attached hydrogens (tertiary/aromatic N) is 1. The standard InChI is InChI=1S/C14H25NO3/c1-14(2,13(16)17)7-8-15-9-10-18-12-6-4-3-5-11(12)15/h11-12H,3-10H2,1-2H3,(H,16,17). The number of fused-ring (bicyclic) bond motifs is 1. The first-order valence-electron chi connectivity index (χ1n) is 7.10. The molecule has 1 aliphatic carbocycles. The van der Waals surface area contributed by atoms with Crippen molar-refractivity contribution in [2.24, 2.45) is 5.41 Å². The Hall–Kier alpha value is -0.610. The van der Waals surface area contributed by atoms with Crippen molar-refractivity contribution in [3.05, 3.63) is 0 Å². The van der Waals surface area contributed by atoms with E-state index in [1.54, 1.807) is 0 Å². The van der Waals surface area contributed by atoms with E-state index in [1.807, 2.05) is 13.8 Å². The van der Waals surface area contributed by atoms with Gasteiger partial charge in [0.05, 0.1) is 18.1 Å². The third-order valence-corrected chi connectivity index (χ3v) is 4.45. The summed E-state index contributed by atoms with van der Waals surface area (Å²) >= 11 is 0. The van der Waals surface area contributed by atoms with E-state index in [2.05, 4.69) is 4.90 Å².